The number of carbonyl (C=O) groups excluding carboxylic acids is 2. The van der Waals surface area contributed by atoms with Crippen LogP contribution in [0.5, 0.6) is 11.5 Å². The van der Waals surface area contributed by atoms with Crippen molar-refractivity contribution in [3.05, 3.63) is 54.1 Å². The van der Waals surface area contributed by atoms with Crippen molar-refractivity contribution in [2.75, 3.05) is 11.9 Å². The van der Waals surface area contributed by atoms with Crippen LogP contribution in [0, 0.1) is 5.92 Å². The van der Waals surface area contributed by atoms with E-state index in [0.717, 1.165) is 0 Å². The molecule has 8 heteroatoms. The molecule has 2 aromatic carbocycles. The highest BCUT2D eigenvalue weighted by Crippen LogP contribution is 2.25. The van der Waals surface area contributed by atoms with Gasteiger partial charge in [-0.15, -0.1) is 0 Å². The Morgan fingerprint density at radius 3 is 2.45 bits per heavy atom. The van der Waals surface area contributed by atoms with Gasteiger partial charge in [0.1, 0.15) is 11.5 Å². The number of para-hydroxylation sites is 2. The molecule has 0 heterocycles. The number of nitrogens with one attached hydrogen (secondary N) is 1. The van der Waals surface area contributed by atoms with Gasteiger partial charge in [-0.05, 0) is 43.2 Å². The summed E-state index contributed by atoms with van der Waals surface area (Å²) in [5.41, 5.74) is 0.275. The molecule has 1 N–H and O–H groups in total. The Morgan fingerprint density at radius 1 is 1.03 bits per heavy atom. The summed E-state index contributed by atoms with van der Waals surface area (Å²) in [7, 11) is 0. The molecule has 0 aromatic heterocycles. The van der Waals surface area contributed by atoms with Gasteiger partial charge in [-0.1, -0.05) is 32.0 Å². The van der Waals surface area contributed by atoms with E-state index < -0.39 is 24.6 Å². The van der Waals surface area contributed by atoms with Crippen molar-refractivity contribution in [2.24, 2.45) is 5.92 Å². The Bertz CT molecular complexity index is 841. The van der Waals surface area contributed by atoms with Crippen LogP contribution >= 0.6 is 0 Å². The van der Waals surface area contributed by atoms with Crippen molar-refractivity contribution < 1.29 is 32.6 Å². The maximum atomic E-state index is 12.5. The lowest BCUT2D eigenvalue weighted by atomic mass is 10.2. The SMILES string of the molecule is CC(C)COc1cccc(C(=O)O[C@@H](C)C(=O)Nc2ccccc2OC(F)F)c1. The van der Waals surface area contributed by atoms with Crippen LogP contribution in [0.4, 0.5) is 14.5 Å². The molecule has 0 aliphatic carbocycles. The van der Waals surface area contributed by atoms with Crippen molar-refractivity contribution in [3.63, 3.8) is 0 Å². The molecule has 29 heavy (non-hydrogen) atoms. The van der Waals surface area contributed by atoms with E-state index in [-0.39, 0.29) is 17.0 Å². The van der Waals surface area contributed by atoms with Crippen LogP contribution < -0.4 is 14.8 Å². The molecular weight excluding hydrogens is 384 g/mol. The number of benzene rings is 2. The molecule has 156 valence electrons. The standard InChI is InChI=1S/C21H23F2NO5/c1-13(2)12-27-16-8-6-7-15(11-16)20(26)28-14(3)19(25)24-17-9-4-5-10-18(17)29-21(22)23/h4-11,13-14,21H,12H2,1-3H3,(H,24,25)/t14-/m0/s1. The summed E-state index contributed by atoms with van der Waals surface area (Å²) in [6.07, 6.45) is -1.16. The second kappa shape index (κ2) is 10.4. The minimum absolute atomic E-state index is 0.0461. The summed E-state index contributed by atoms with van der Waals surface area (Å²) in [4.78, 5) is 24.6. The zero-order chi connectivity index (χ0) is 21.4. The van der Waals surface area contributed by atoms with Crippen molar-refractivity contribution >= 4 is 17.6 Å². The van der Waals surface area contributed by atoms with Gasteiger partial charge in [0.05, 0.1) is 17.9 Å². The summed E-state index contributed by atoms with van der Waals surface area (Å²) in [6.45, 7) is 2.85. The molecule has 0 aliphatic heterocycles. The van der Waals surface area contributed by atoms with Crippen LogP contribution in [0.3, 0.4) is 0 Å². The Balaban J connectivity index is 1.99. The fraction of sp³-hybridized carbons (Fsp3) is 0.333. The minimum Gasteiger partial charge on any atom is -0.493 e. The highest BCUT2D eigenvalue weighted by molar-refractivity contribution is 5.98. The molecule has 0 saturated carbocycles. The van der Waals surface area contributed by atoms with E-state index >= 15 is 0 Å². The Morgan fingerprint density at radius 2 is 1.76 bits per heavy atom. The van der Waals surface area contributed by atoms with Crippen LogP contribution in [-0.2, 0) is 9.53 Å². The van der Waals surface area contributed by atoms with E-state index in [2.05, 4.69) is 10.1 Å². The van der Waals surface area contributed by atoms with Gasteiger partial charge in [-0.3, -0.25) is 4.79 Å². The second-order valence-electron chi connectivity index (χ2n) is 6.64. The fourth-order valence-electron chi connectivity index (χ4n) is 2.26. The first-order chi connectivity index (χ1) is 13.8. The van der Waals surface area contributed by atoms with Crippen LogP contribution in [0.15, 0.2) is 48.5 Å². The number of rotatable bonds is 9. The lowest BCUT2D eigenvalue weighted by Crippen LogP contribution is -2.30. The largest absolute Gasteiger partial charge is 0.493 e. The van der Waals surface area contributed by atoms with E-state index in [9.17, 15) is 18.4 Å². The lowest BCUT2D eigenvalue weighted by molar-refractivity contribution is -0.123. The minimum atomic E-state index is -3.03. The Hall–Kier alpha value is -3.16. The van der Waals surface area contributed by atoms with E-state index in [0.29, 0.717) is 18.3 Å². The van der Waals surface area contributed by atoms with E-state index in [1.807, 2.05) is 13.8 Å². The average molecular weight is 407 g/mol. The van der Waals surface area contributed by atoms with Gasteiger partial charge in [-0.2, -0.15) is 8.78 Å². The van der Waals surface area contributed by atoms with Gasteiger partial charge < -0.3 is 19.5 Å². The molecule has 6 nitrogen and oxygen atoms in total. The van der Waals surface area contributed by atoms with E-state index in [1.54, 1.807) is 24.3 Å². The number of hydrogen-bond acceptors (Lipinski definition) is 5. The number of amides is 1. The highest BCUT2D eigenvalue weighted by atomic mass is 19.3. The molecule has 0 spiro atoms. The number of halogens is 2. The normalized spacial score (nSPS) is 11.8. The van der Waals surface area contributed by atoms with Gasteiger partial charge in [0, 0.05) is 0 Å². The quantitative estimate of drug-likeness (QED) is 0.620. The summed E-state index contributed by atoms with van der Waals surface area (Å²) in [5.74, 6) is -0.741. The molecule has 0 aliphatic rings. The van der Waals surface area contributed by atoms with Crippen molar-refractivity contribution in [1.29, 1.82) is 0 Å². The number of ether oxygens (including phenoxy) is 3. The first kappa shape index (κ1) is 22.1. The molecule has 0 bridgehead atoms. The second-order valence-corrected chi connectivity index (χ2v) is 6.64. The number of esters is 1. The molecule has 0 saturated heterocycles. The van der Waals surface area contributed by atoms with Gasteiger partial charge in [0.15, 0.2) is 6.10 Å². The molecule has 2 aromatic rings. The number of alkyl halides is 2. The molecular formula is C21H23F2NO5. The van der Waals surface area contributed by atoms with Crippen molar-refractivity contribution in [3.8, 4) is 11.5 Å². The summed E-state index contributed by atoms with van der Waals surface area (Å²) in [6, 6.07) is 12.2. The number of carbonyl (C=O) groups is 2. The molecule has 0 radical (unpaired) electrons. The topological polar surface area (TPSA) is 73.9 Å². The van der Waals surface area contributed by atoms with Crippen LogP contribution in [0.25, 0.3) is 0 Å². The summed E-state index contributed by atoms with van der Waals surface area (Å²) >= 11 is 0. The third-order valence-electron chi connectivity index (χ3n) is 3.67. The van der Waals surface area contributed by atoms with Crippen LogP contribution in [0.2, 0.25) is 0 Å². The highest BCUT2D eigenvalue weighted by Gasteiger charge is 2.21. The maximum absolute atomic E-state index is 12.5. The van der Waals surface area contributed by atoms with E-state index in [4.69, 9.17) is 9.47 Å². The van der Waals surface area contributed by atoms with Gasteiger partial charge >= 0.3 is 12.6 Å². The van der Waals surface area contributed by atoms with Crippen LogP contribution in [-0.4, -0.2) is 31.2 Å². The molecule has 0 fully saturated rings. The molecule has 2 rings (SSSR count). The third-order valence-corrected chi connectivity index (χ3v) is 3.67. The van der Waals surface area contributed by atoms with Gasteiger partial charge in [-0.25, -0.2) is 4.79 Å². The molecule has 0 unspecified atom stereocenters. The number of hydrogen-bond donors (Lipinski definition) is 1. The fourth-order valence-corrected chi connectivity index (χ4v) is 2.26. The monoisotopic (exact) mass is 407 g/mol. The molecule has 1 amide bonds. The average Bonchev–Trinajstić information content (AvgIpc) is 2.67. The van der Waals surface area contributed by atoms with Gasteiger partial charge in [0.25, 0.3) is 5.91 Å². The Labute approximate surface area is 167 Å². The third kappa shape index (κ3) is 7.06. The number of anilines is 1. The first-order valence-electron chi connectivity index (χ1n) is 9.04. The predicted molar refractivity (Wildman–Crippen MR) is 103 cm³/mol. The smallest absolute Gasteiger partial charge is 0.387 e. The molecule has 1 atom stereocenters. The van der Waals surface area contributed by atoms with Crippen molar-refractivity contribution in [2.45, 2.75) is 33.5 Å². The lowest BCUT2D eigenvalue weighted by Gasteiger charge is -2.16. The predicted octanol–water partition coefficient (Wildman–Crippen LogP) is 4.51. The first-order valence-corrected chi connectivity index (χ1v) is 9.04. The van der Waals surface area contributed by atoms with Crippen LogP contribution in [0.1, 0.15) is 31.1 Å². The zero-order valence-electron chi connectivity index (χ0n) is 16.4. The summed E-state index contributed by atoms with van der Waals surface area (Å²) in [5, 5.41) is 2.42. The zero-order valence-corrected chi connectivity index (χ0v) is 16.4. The van der Waals surface area contributed by atoms with E-state index in [1.165, 1.54) is 31.2 Å². The Kier molecular flexibility index (Phi) is 7.94. The van der Waals surface area contributed by atoms with Gasteiger partial charge in [0.2, 0.25) is 0 Å². The maximum Gasteiger partial charge on any atom is 0.387 e. The van der Waals surface area contributed by atoms with Crippen molar-refractivity contribution in [1.82, 2.24) is 0 Å². The summed E-state index contributed by atoms with van der Waals surface area (Å²) < 4.78 is 40.1.